The molecule has 196 valence electrons. The van der Waals surface area contributed by atoms with E-state index in [0.717, 1.165) is 0 Å². The van der Waals surface area contributed by atoms with E-state index < -0.39 is 6.04 Å². The van der Waals surface area contributed by atoms with Crippen molar-refractivity contribution in [3.05, 3.63) is 70.8 Å². The van der Waals surface area contributed by atoms with E-state index in [9.17, 15) is 19.2 Å². The van der Waals surface area contributed by atoms with Crippen LogP contribution in [0.2, 0.25) is 0 Å². The minimum atomic E-state index is -0.418. The summed E-state index contributed by atoms with van der Waals surface area (Å²) in [6, 6.07) is 13.2. The van der Waals surface area contributed by atoms with Crippen LogP contribution in [0.3, 0.4) is 0 Å². The van der Waals surface area contributed by atoms with Crippen molar-refractivity contribution in [1.29, 1.82) is 0 Å². The average molecular weight is 509 g/mol. The van der Waals surface area contributed by atoms with Crippen LogP contribution in [0.15, 0.2) is 48.5 Å². The molecule has 2 aliphatic rings. The van der Waals surface area contributed by atoms with Crippen molar-refractivity contribution >= 4 is 23.6 Å². The summed E-state index contributed by atoms with van der Waals surface area (Å²) in [5.74, 6) is -1.22. The van der Waals surface area contributed by atoms with Gasteiger partial charge in [0.15, 0.2) is 0 Å². The third-order valence-electron chi connectivity index (χ3n) is 6.44. The number of rotatable bonds is 12. The Morgan fingerprint density at radius 2 is 0.946 bits per heavy atom. The monoisotopic (exact) mass is 508 g/mol. The predicted octanol–water partition coefficient (Wildman–Crippen LogP) is 3.18. The summed E-state index contributed by atoms with van der Waals surface area (Å²) < 4.78 is 17.5. The van der Waals surface area contributed by atoms with Gasteiger partial charge in [0.05, 0.1) is 73.0 Å². The van der Waals surface area contributed by atoms with Gasteiger partial charge in [0, 0.05) is 0 Å². The van der Waals surface area contributed by atoms with Gasteiger partial charge in [-0.2, -0.15) is 0 Å². The molecule has 0 aromatic heterocycles. The Labute approximate surface area is 216 Å². The van der Waals surface area contributed by atoms with Crippen LogP contribution in [-0.4, -0.2) is 84.1 Å². The molecule has 2 aromatic carbocycles. The molecule has 9 heteroatoms. The number of carbonyl (C=O) groups excluding carboxylic acids is 4. The second-order valence-corrected chi connectivity index (χ2v) is 9.57. The third kappa shape index (κ3) is 5.64. The zero-order valence-corrected chi connectivity index (χ0v) is 21.5. The maximum absolute atomic E-state index is 12.6. The summed E-state index contributed by atoms with van der Waals surface area (Å²) in [6.45, 7) is 8.24. The van der Waals surface area contributed by atoms with Crippen molar-refractivity contribution in [1.82, 2.24) is 9.80 Å². The maximum Gasteiger partial charge on any atom is 0.261 e. The van der Waals surface area contributed by atoms with Crippen LogP contribution in [0, 0.1) is 0 Å². The summed E-state index contributed by atoms with van der Waals surface area (Å²) in [6.07, 6.45) is -0.873. The fourth-order valence-corrected chi connectivity index (χ4v) is 4.40. The van der Waals surface area contributed by atoms with E-state index >= 15 is 0 Å². The lowest BCUT2D eigenvalue weighted by atomic mass is 10.1. The molecule has 2 aromatic rings. The Hall–Kier alpha value is -3.40. The molecule has 0 fully saturated rings. The number of hydrogen-bond donors (Lipinski definition) is 0. The lowest BCUT2D eigenvalue weighted by Crippen LogP contribution is -2.41. The standard InChI is InChI=1S/C28H32N2O7/c1-17(30-27(33)23-11-7-8-12-24(23)28(30)34)14-35-19(3)16-37-20(4)15-36-18(2)13-29-25(31)21-9-5-6-10-22(21)26(29)32/h5-12,17-20H,13-16H2,1-4H3. The normalized spacial score (nSPS) is 18.2. The summed E-state index contributed by atoms with van der Waals surface area (Å²) in [4.78, 5) is 52.7. The van der Waals surface area contributed by atoms with Crippen LogP contribution in [0.1, 0.15) is 69.1 Å². The number of imide groups is 2. The van der Waals surface area contributed by atoms with E-state index in [1.165, 1.54) is 9.80 Å². The molecule has 0 spiro atoms. The van der Waals surface area contributed by atoms with Gasteiger partial charge in [-0.25, -0.2) is 0 Å². The molecule has 4 amide bonds. The summed E-state index contributed by atoms with van der Waals surface area (Å²) in [5, 5.41) is 0. The summed E-state index contributed by atoms with van der Waals surface area (Å²) in [5.41, 5.74) is 1.67. The number of fused-ring (bicyclic) bond motifs is 2. The van der Waals surface area contributed by atoms with E-state index in [-0.39, 0.29) is 61.7 Å². The molecule has 0 saturated carbocycles. The van der Waals surface area contributed by atoms with Crippen molar-refractivity contribution in [2.24, 2.45) is 0 Å². The van der Waals surface area contributed by atoms with E-state index in [1.807, 2.05) is 20.8 Å². The summed E-state index contributed by atoms with van der Waals surface area (Å²) >= 11 is 0. The number of benzene rings is 2. The van der Waals surface area contributed by atoms with E-state index in [1.54, 1.807) is 55.5 Å². The molecule has 9 nitrogen and oxygen atoms in total. The first kappa shape index (κ1) is 26.7. The Bertz CT molecular complexity index is 1130. The number of nitrogens with zero attached hydrogens (tertiary/aromatic N) is 2. The number of ether oxygens (including phenoxy) is 3. The molecule has 0 saturated heterocycles. The fraction of sp³-hybridized carbons (Fsp3) is 0.429. The van der Waals surface area contributed by atoms with Crippen molar-refractivity contribution in [2.45, 2.75) is 52.0 Å². The smallest absolute Gasteiger partial charge is 0.261 e. The van der Waals surface area contributed by atoms with Crippen LogP contribution in [0.5, 0.6) is 0 Å². The SMILES string of the molecule is CC(COC(C)CN1C(=O)c2ccccc2C1=O)OCC(C)OCC(C)N1C(=O)c2ccccc2C1=O. The minimum Gasteiger partial charge on any atom is -0.374 e. The quantitative estimate of drug-likeness (QED) is 0.406. The zero-order valence-electron chi connectivity index (χ0n) is 21.5. The van der Waals surface area contributed by atoms with Crippen LogP contribution in [0.4, 0.5) is 0 Å². The highest BCUT2D eigenvalue weighted by molar-refractivity contribution is 6.22. The first-order chi connectivity index (χ1) is 17.7. The van der Waals surface area contributed by atoms with Crippen molar-refractivity contribution in [3.63, 3.8) is 0 Å². The molecule has 2 heterocycles. The molecule has 0 aliphatic carbocycles. The van der Waals surface area contributed by atoms with Crippen LogP contribution >= 0.6 is 0 Å². The van der Waals surface area contributed by atoms with Crippen LogP contribution < -0.4 is 0 Å². The van der Waals surface area contributed by atoms with Gasteiger partial charge in [-0.1, -0.05) is 24.3 Å². The van der Waals surface area contributed by atoms with Crippen molar-refractivity contribution in [2.75, 3.05) is 26.4 Å². The van der Waals surface area contributed by atoms with Crippen LogP contribution in [-0.2, 0) is 14.2 Å². The third-order valence-corrected chi connectivity index (χ3v) is 6.44. The largest absolute Gasteiger partial charge is 0.374 e. The average Bonchev–Trinajstić information content (AvgIpc) is 3.30. The highest BCUT2D eigenvalue weighted by Gasteiger charge is 2.38. The minimum absolute atomic E-state index is 0.161. The van der Waals surface area contributed by atoms with E-state index in [2.05, 4.69) is 0 Å². The Balaban J connectivity index is 1.15. The fourth-order valence-electron chi connectivity index (χ4n) is 4.40. The number of amides is 4. The van der Waals surface area contributed by atoms with Gasteiger partial charge in [-0.3, -0.25) is 29.0 Å². The second kappa shape index (κ2) is 11.3. The maximum atomic E-state index is 12.6. The van der Waals surface area contributed by atoms with Gasteiger partial charge in [0.1, 0.15) is 0 Å². The molecule has 4 rings (SSSR count). The molecule has 37 heavy (non-hydrogen) atoms. The second-order valence-electron chi connectivity index (χ2n) is 9.57. The first-order valence-corrected chi connectivity index (χ1v) is 12.5. The van der Waals surface area contributed by atoms with Gasteiger partial charge in [0.25, 0.3) is 23.6 Å². The molecule has 0 radical (unpaired) electrons. The van der Waals surface area contributed by atoms with Gasteiger partial charge in [0.2, 0.25) is 0 Å². The zero-order chi connectivity index (χ0) is 26.7. The van der Waals surface area contributed by atoms with Gasteiger partial charge in [-0.15, -0.1) is 0 Å². The van der Waals surface area contributed by atoms with Gasteiger partial charge >= 0.3 is 0 Å². The van der Waals surface area contributed by atoms with Gasteiger partial charge < -0.3 is 14.2 Å². The topological polar surface area (TPSA) is 102 Å². The molecule has 4 unspecified atom stereocenters. The lowest BCUT2D eigenvalue weighted by molar-refractivity contribution is -0.0736. The molecule has 0 bridgehead atoms. The van der Waals surface area contributed by atoms with Crippen LogP contribution in [0.25, 0.3) is 0 Å². The lowest BCUT2D eigenvalue weighted by Gasteiger charge is -2.25. The van der Waals surface area contributed by atoms with Gasteiger partial charge in [-0.05, 0) is 52.0 Å². The predicted molar refractivity (Wildman–Crippen MR) is 134 cm³/mol. The Morgan fingerprint density at radius 1 is 0.568 bits per heavy atom. The van der Waals surface area contributed by atoms with E-state index in [0.29, 0.717) is 28.9 Å². The Morgan fingerprint density at radius 3 is 1.41 bits per heavy atom. The van der Waals surface area contributed by atoms with E-state index in [4.69, 9.17) is 14.2 Å². The molecule has 4 atom stereocenters. The number of carbonyl (C=O) groups is 4. The summed E-state index contributed by atoms with van der Waals surface area (Å²) in [7, 11) is 0. The molecular weight excluding hydrogens is 476 g/mol. The number of hydrogen-bond acceptors (Lipinski definition) is 7. The van der Waals surface area contributed by atoms with Crippen molar-refractivity contribution in [3.8, 4) is 0 Å². The first-order valence-electron chi connectivity index (χ1n) is 12.5. The van der Waals surface area contributed by atoms with Crippen molar-refractivity contribution < 1.29 is 33.4 Å². The highest BCUT2D eigenvalue weighted by atomic mass is 16.6. The molecule has 0 N–H and O–H groups in total. The molecular formula is C28H32N2O7. The Kier molecular flexibility index (Phi) is 8.16. The molecule has 2 aliphatic heterocycles. The highest BCUT2D eigenvalue weighted by Crippen LogP contribution is 2.25.